The summed E-state index contributed by atoms with van der Waals surface area (Å²) in [5.41, 5.74) is 0. The fourth-order valence-electron chi connectivity index (χ4n) is 3.83. The van der Waals surface area contributed by atoms with Gasteiger partial charge >= 0.3 is 0 Å². The second-order valence-corrected chi connectivity index (χ2v) is 11.0. The molecule has 0 saturated carbocycles. The molecule has 0 radical (unpaired) electrons. The minimum atomic E-state index is 0.0220. The highest BCUT2D eigenvalue weighted by Gasteiger charge is 1.98. The highest BCUT2D eigenvalue weighted by atomic mass is 16.6. The zero-order chi connectivity index (χ0) is 39.5. The van der Waals surface area contributed by atoms with Gasteiger partial charge in [-0.3, -0.25) is 0 Å². The molecule has 0 rings (SSSR count). The second-order valence-electron chi connectivity index (χ2n) is 11.0. The van der Waals surface area contributed by atoms with E-state index in [9.17, 15) is 0 Å². The minimum absolute atomic E-state index is 0.0220. The van der Waals surface area contributed by atoms with Crippen LogP contribution in [0.5, 0.6) is 0 Å². The van der Waals surface area contributed by atoms with E-state index in [4.69, 9.17) is 86.0 Å². The third kappa shape index (κ3) is 53.2. The van der Waals surface area contributed by atoms with Crippen molar-refractivity contribution in [3.8, 4) is 0 Å². The molecule has 0 fully saturated rings. The summed E-state index contributed by atoms with van der Waals surface area (Å²) in [6.45, 7) is 17.5. The molecule has 0 aromatic rings. The van der Waals surface area contributed by atoms with E-state index in [1.54, 1.807) is 0 Å². The lowest BCUT2D eigenvalue weighted by molar-refractivity contribution is -0.0240. The Morgan fingerprint density at radius 2 is 0.309 bits per heavy atom. The van der Waals surface area contributed by atoms with Crippen LogP contribution in [0.25, 0.3) is 0 Å². The fraction of sp³-hybridized carbons (Fsp3) is 1.00. The van der Waals surface area contributed by atoms with Crippen LogP contribution in [0.2, 0.25) is 0 Å². The van der Waals surface area contributed by atoms with E-state index >= 15 is 0 Å². The fourth-order valence-corrected chi connectivity index (χ4v) is 3.83. The lowest BCUT2D eigenvalue weighted by atomic mass is 10.6. The molecule has 0 heterocycles. The lowest BCUT2D eigenvalue weighted by Gasteiger charge is -2.09. The van der Waals surface area contributed by atoms with Crippen molar-refractivity contribution < 1.29 is 86.0 Å². The Balaban J connectivity index is 3.05. The first-order valence-electron chi connectivity index (χ1n) is 19.6. The van der Waals surface area contributed by atoms with Crippen LogP contribution in [-0.4, -0.2) is 248 Å². The van der Waals surface area contributed by atoms with Gasteiger partial charge in [-0.2, -0.15) is 0 Å². The molecule has 0 atom stereocenters. The lowest BCUT2D eigenvalue weighted by Crippen LogP contribution is -2.25. The van der Waals surface area contributed by atoms with Gasteiger partial charge in [0, 0.05) is 13.1 Å². The molecular weight excluding hydrogens is 734 g/mol. The monoisotopic (exact) mass is 809 g/mol. The van der Waals surface area contributed by atoms with Crippen LogP contribution < -0.4 is 5.32 Å². The van der Waals surface area contributed by atoms with E-state index < -0.39 is 0 Å². The van der Waals surface area contributed by atoms with Gasteiger partial charge in [0.15, 0.2) is 0 Å². The van der Waals surface area contributed by atoms with Crippen LogP contribution in [0.15, 0.2) is 0 Å². The van der Waals surface area contributed by atoms with E-state index in [1.165, 1.54) is 0 Å². The summed E-state index contributed by atoms with van der Waals surface area (Å²) in [4.78, 5) is 0. The molecule has 0 bridgehead atoms. The molecule has 3 N–H and O–H groups in total. The number of hydrogen-bond donors (Lipinski definition) is 3. The summed E-state index contributed by atoms with van der Waals surface area (Å²) in [5.74, 6) is 0. The maximum atomic E-state index is 8.59. The van der Waals surface area contributed by atoms with Gasteiger partial charge in [-0.1, -0.05) is 0 Å². The Hall–Kier alpha value is -0.760. The summed E-state index contributed by atoms with van der Waals surface area (Å²) < 4.78 is 86.6. The zero-order valence-electron chi connectivity index (χ0n) is 33.4. The molecule has 0 aliphatic heterocycles. The summed E-state index contributed by atoms with van der Waals surface area (Å²) in [7, 11) is 0. The normalized spacial score (nSPS) is 11.7. The highest BCUT2D eigenvalue weighted by Crippen LogP contribution is 1.88. The average molecular weight is 810 g/mol. The SMILES string of the molecule is OCCOCCOCCOCCOCCOCCOCCOCCOCCNCCOCCOCCOCCOCCOCCOCCOCCOCCO. The first-order chi connectivity index (χ1) is 27.4. The maximum absolute atomic E-state index is 8.59. The predicted octanol–water partition coefficient (Wildman–Crippen LogP) is -1.17. The predicted molar refractivity (Wildman–Crippen MR) is 200 cm³/mol. The molecule has 0 aromatic heterocycles. The van der Waals surface area contributed by atoms with Crippen LogP contribution in [0, 0.1) is 0 Å². The van der Waals surface area contributed by atoms with Crippen molar-refractivity contribution in [1.29, 1.82) is 0 Å². The van der Waals surface area contributed by atoms with Crippen LogP contribution in [0.4, 0.5) is 0 Å². The van der Waals surface area contributed by atoms with Gasteiger partial charge in [-0.15, -0.1) is 0 Å². The standard InChI is InChI=1S/C36H75NO18/c38-3-7-42-11-15-46-19-23-50-27-31-54-35-33-52-29-25-48-21-17-44-13-9-40-5-1-37-2-6-41-10-14-45-18-22-49-26-30-53-34-36-55-32-28-51-24-20-47-16-12-43-8-4-39/h37-39H,1-36H2. The molecule has 0 saturated heterocycles. The number of nitrogens with one attached hydrogen (secondary N) is 1. The number of ether oxygens (including phenoxy) is 16. The number of rotatable bonds is 52. The van der Waals surface area contributed by atoms with Crippen molar-refractivity contribution in [2.45, 2.75) is 0 Å². The molecule has 0 unspecified atom stereocenters. The van der Waals surface area contributed by atoms with Gasteiger partial charge in [0.05, 0.1) is 225 Å². The molecule has 0 aromatic carbocycles. The van der Waals surface area contributed by atoms with Crippen LogP contribution in [0.1, 0.15) is 0 Å². The molecule has 0 spiro atoms. The first-order valence-corrected chi connectivity index (χ1v) is 19.6. The molecule has 0 amide bonds. The molecule has 19 nitrogen and oxygen atoms in total. The molecule has 332 valence electrons. The van der Waals surface area contributed by atoms with E-state index in [1.807, 2.05) is 0 Å². The van der Waals surface area contributed by atoms with E-state index in [-0.39, 0.29) is 13.2 Å². The Bertz CT molecular complexity index is 612. The summed E-state index contributed by atoms with van der Waals surface area (Å²) >= 11 is 0. The Labute approximate surface area is 328 Å². The summed E-state index contributed by atoms with van der Waals surface area (Å²) in [5, 5.41) is 20.5. The highest BCUT2D eigenvalue weighted by molar-refractivity contribution is 4.46. The number of aliphatic hydroxyl groups is 2. The van der Waals surface area contributed by atoms with E-state index in [0.29, 0.717) is 211 Å². The molecule has 0 aliphatic carbocycles. The second kappa shape index (κ2) is 53.2. The molecule has 55 heavy (non-hydrogen) atoms. The van der Waals surface area contributed by atoms with Crippen molar-refractivity contribution >= 4 is 0 Å². The van der Waals surface area contributed by atoms with Crippen LogP contribution in [0.3, 0.4) is 0 Å². The largest absolute Gasteiger partial charge is 0.394 e. The quantitative estimate of drug-likeness (QED) is 0.0620. The van der Waals surface area contributed by atoms with Gasteiger partial charge in [0.25, 0.3) is 0 Å². The number of hydrogen-bond acceptors (Lipinski definition) is 19. The van der Waals surface area contributed by atoms with Crippen molar-refractivity contribution in [2.24, 2.45) is 0 Å². The average Bonchev–Trinajstić information content (AvgIpc) is 3.20. The molecule has 0 aliphatic rings. The molecule has 19 heteroatoms. The van der Waals surface area contributed by atoms with Crippen molar-refractivity contribution in [2.75, 3.05) is 238 Å². The maximum Gasteiger partial charge on any atom is 0.0701 e. The molecular formula is C36H75NO18. The Morgan fingerprint density at radius 3 is 0.455 bits per heavy atom. The third-order valence-corrected chi connectivity index (χ3v) is 6.53. The van der Waals surface area contributed by atoms with E-state index in [2.05, 4.69) is 5.32 Å². The first kappa shape index (κ1) is 54.2. The van der Waals surface area contributed by atoms with Crippen molar-refractivity contribution in [3.05, 3.63) is 0 Å². The van der Waals surface area contributed by atoms with Gasteiger partial charge in [0.2, 0.25) is 0 Å². The van der Waals surface area contributed by atoms with Gasteiger partial charge in [-0.25, -0.2) is 0 Å². The minimum Gasteiger partial charge on any atom is -0.394 e. The van der Waals surface area contributed by atoms with Gasteiger partial charge in [0.1, 0.15) is 0 Å². The zero-order valence-corrected chi connectivity index (χ0v) is 33.4. The third-order valence-electron chi connectivity index (χ3n) is 6.53. The van der Waals surface area contributed by atoms with Crippen molar-refractivity contribution in [1.82, 2.24) is 5.32 Å². The number of aliphatic hydroxyl groups excluding tert-OH is 2. The van der Waals surface area contributed by atoms with E-state index in [0.717, 1.165) is 13.1 Å². The van der Waals surface area contributed by atoms with Gasteiger partial charge < -0.3 is 91.3 Å². The summed E-state index contributed by atoms with van der Waals surface area (Å²) in [6.07, 6.45) is 0. The van der Waals surface area contributed by atoms with Crippen molar-refractivity contribution in [3.63, 3.8) is 0 Å². The Morgan fingerprint density at radius 1 is 0.182 bits per heavy atom. The van der Waals surface area contributed by atoms with Gasteiger partial charge in [-0.05, 0) is 0 Å². The Kier molecular flexibility index (Phi) is 52.5. The van der Waals surface area contributed by atoms with Crippen LogP contribution >= 0.6 is 0 Å². The summed E-state index contributed by atoms with van der Waals surface area (Å²) in [6, 6.07) is 0. The smallest absolute Gasteiger partial charge is 0.0701 e. The topological polar surface area (TPSA) is 200 Å². The van der Waals surface area contributed by atoms with Crippen LogP contribution in [-0.2, 0) is 75.8 Å².